The Balaban J connectivity index is 2.12. The molecule has 0 radical (unpaired) electrons. The predicted molar refractivity (Wildman–Crippen MR) is 152 cm³/mol. The van der Waals surface area contributed by atoms with Gasteiger partial charge in [-0.25, -0.2) is 14.8 Å². The van der Waals surface area contributed by atoms with E-state index in [1.165, 1.54) is 17.4 Å². The summed E-state index contributed by atoms with van der Waals surface area (Å²) in [5.74, 6) is -1.13. The van der Waals surface area contributed by atoms with Crippen molar-refractivity contribution in [1.29, 1.82) is 0 Å². The fourth-order valence-corrected chi connectivity index (χ4v) is 4.67. The molecule has 0 saturated carbocycles. The number of rotatable bonds is 13. The zero-order valence-corrected chi connectivity index (χ0v) is 24.2. The van der Waals surface area contributed by atoms with Crippen LogP contribution in [0.25, 0.3) is 0 Å². The minimum absolute atomic E-state index is 0.00646. The molecule has 3 rings (SSSR count). The largest absolute Gasteiger partial charge is 0.444 e. The van der Waals surface area contributed by atoms with Crippen molar-refractivity contribution >= 4 is 17.9 Å². The Labute approximate surface area is 240 Å². The maximum Gasteiger partial charge on any atom is 0.408 e. The zero-order chi connectivity index (χ0) is 30.2. The number of benzene rings is 1. The minimum Gasteiger partial charge on any atom is -0.444 e. The fraction of sp³-hybridized carbons (Fsp3) is 0.483. The molecule has 1 aromatic carbocycles. The van der Waals surface area contributed by atoms with Crippen molar-refractivity contribution in [3.05, 3.63) is 72.3 Å². The van der Waals surface area contributed by atoms with Crippen LogP contribution in [0.5, 0.6) is 0 Å². The van der Waals surface area contributed by atoms with E-state index in [-0.39, 0.29) is 24.6 Å². The molecule has 0 aliphatic carbocycles. The first-order chi connectivity index (χ1) is 19.4. The number of H-pyrrole nitrogens is 2. The van der Waals surface area contributed by atoms with Gasteiger partial charge in [0.25, 0.3) is 0 Å². The molecule has 2 heterocycles. The lowest BCUT2D eigenvalue weighted by molar-refractivity contribution is -0.148. The molecular formula is C29H41N7O5. The summed E-state index contributed by atoms with van der Waals surface area (Å²) >= 11 is 0. The van der Waals surface area contributed by atoms with E-state index in [0.29, 0.717) is 12.1 Å². The normalized spacial score (nSPS) is 14.6. The molecule has 0 fully saturated rings. The number of alkyl carbamates (subject to hydrolysis) is 1. The molecule has 0 spiro atoms. The molecule has 3 amide bonds. The fourth-order valence-electron chi connectivity index (χ4n) is 4.67. The number of carbonyl (C=O) groups excluding carboxylic acids is 3. The van der Waals surface area contributed by atoms with E-state index in [4.69, 9.17) is 10.5 Å². The summed E-state index contributed by atoms with van der Waals surface area (Å²) in [7, 11) is 0. The molecule has 12 nitrogen and oxygen atoms in total. The highest BCUT2D eigenvalue weighted by atomic mass is 16.6. The van der Waals surface area contributed by atoms with Crippen molar-refractivity contribution in [3.8, 4) is 0 Å². The van der Waals surface area contributed by atoms with E-state index in [2.05, 4.69) is 25.3 Å². The summed E-state index contributed by atoms with van der Waals surface area (Å²) in [4.78, 5) is 56.0. The monoisotopic (exact) mass is 567 g/mol. The predicted octanol–water partition coefficient (Wildman–Crippen LogP) is 2.64. The first kappa shape index (κ1) is 31.3. The van der Waals surface area contributed by atoms with Crippen LogP contribution in [-0.4, -0.2) is 71.6 Å². The van der Waals surface area contributed by atoms with Gasteiger partial charge in [0, 0.05) is 37.1 Å². The Bertz CT molecular complexity index is 1240. The quantitative estimate of drug-likeness (QED) is 0.211. The molecule has 0 saturated heterocycles. The lowest BCUT2D eigenvalue weighted by Crippen LogP contribution is -2.61. The first-order valence-corrected chi connectivity index (χ1v) is 13.6. The van der Waals surface area contributed by atoms with Crippen LogP contribution >= 0.6 is 0 Å². The molecule has 4 atom stereocenters. The van der Waals surface area contributed by atoms with Crippen molar-refractivity contribution < 1.29 is 24.2 Å². The number of nitrogens with zero attached hydrogens (tertiary/aromatic N) is 3. The van der Waals surface area contributed by atoms with E-state index in [0.717, 1.165) is 5.56 Å². The molecule has 222 valence electrons. The number of ether oxygens (including phenoxy) is 1. The van der Waals surface area contributed by atoms with Gasteiger partial charge < -0.3 is 35.8 Å². The van der Waals surface area contributed by atoms with E-state index in [9.17, 15) is 19.5 Å². The first-order valence-electron chi connectivity index (χ1n) is 13.6. The smallest absolute Gasteiger partial charge is 0.408 e. The molecule has 0 aliphatic heterocycles. The lowest BCUT2D eigenvalue weighted by atomic mass is 9.92. The highest BCUT2D eigenvalue weighted by Gasteiger charge is 2.42. The van der Waals surface area contributed by atoms with Crippen molar-refractivity contribution in [1.82, 2.24) is 30.2 Å². The van der Waals surface area contributed by atoms with Crippen LogP contribution in [0, 0.1) is 5.92 Å². The number of amides is 3. The third-order valence-electron chi connectivity index (χ3n) is 6.39. The van der Waals surface area contributed by atoms with E-state index in [1.54, 1.807) is 33.2 Å². The molecule has 6 N–H and O–H groups in total. The molecule has 3 aromatic rings. The summed E-state index contributed by atoms with van der Waals surface area (Å²) < 4.78 is 5.47. The van der Waals surface area contributed by atoms with E-state index in [1.807, 2.05) is 44.2 Å². The molecule has 41 heavy (non-hydrogen) atoms. The Hall–Kier alpha value is -4.19. The van der Waals surface area contributed by atoms with Gasteiger partial charge >= 0.3 is 6.09 Å². The average molecular weight is 568 g/mol. The van der Waals surface area contributed by atoms with Gasteiger partial charge in [-0.3, -0.25) is 9.59 Å². The van der Waals surface area contributed by atoms with Gasteiger partial charge in [0.05, 0.1) is 12.4 Å². The van der Waals surface area contributed by atoms with Crippen molar-refractivity contribution in [2.45, 2.75) is 83.7 Å². The van der Waals surface area contributed by atoms with Crippen molar-refractivity contribution in [2.24, 2.45) is 11.7 Å². The Morgan fingerprint density at radius 1 is 1.12 bits per heavy atom. The topological polar surface area (TPSA) is 179 Å². The summed E-state index contributed by atoms with van der Waals surface area (Å²) in [6, 6.07) is 5.92. The number of carbonyl (C=O) groups is 3. The van der Waals surface area contributed by atoms with Gasteiger partial charge in [-0.1, -0.05) is 44.2 Å². The summed E-state index contributed by atoms with van der Waals surface area (Å²) in [5.41, 5.74) is 6.47. The number of nitrogens with two attached hydrogens (primary N) is 1. The number of aromatic nitrogens is 4. The number of aliphatic hydroxyl groups excluding tert-OH is 1. The maximum absolute atomic E-state index is 14.6. The van der Waals surface area contributed by atoms with Gasteiger partial charge in [-0.15, -0.1) is 0 Å². The van der Waals surface area contributed by atoms with Gasteiger partial charge in [-0.2, -0.15) is 0 Å². The van der Waals surface area contributed by atoms with Gasteiger partial charge in [0.2, 0.25) is 11.8 Å². The number of hydrogen-bond acceptors (Lipinski definition) is 7. The number of primary amides is 1. The molecule has 0 unspecified atom stereocenters. The second-order valence-electron chi connectivity index (χ2n) is 11.4. The Kier molecular flexibility index (Phi) is 10.6. The van der Waals surface area contributed by atoms with Crippen LogP contribution < -0.4 is 11.1 Å². The van der Waals surface area contributed by atoms with Crippen LogP contribution in [0.15, 0.2) is 55.2 Å². The van der Waals surface area contributed by atoms with Crippen LogP contribution in [0.1, 0.15) is 64.2 Å². The van der Waals surface area contributed by atoms with E-state index >= 15 is 0 Å². The number of hydrogen-bond donors (Lipinski definition) is 5. The molecule has 12 heteroatoms. The highest BCUT2D eigenvalue weighted by Crippen LogP contribution is 2.28. The van der Waals surface area contributed by atoms with Gasteiger partial charge in [0.15, 0.2) is 0 Å². The highest BCUT2D eigenvalue weighted by molar-refractivity contribution is 5.91. The molecule has 0 bridgehead atoms. The number of nitrogens with one attached hydrogen (secondary N) is 3. The third-order valence-corrected chi connectivity index (χ3v) is 6.39. The van der Waals surface area contributed by atoms with Gasteiger partial charge in [-0.05, 0) is 38.7 Å². The number of aliphatic hydroxyl groups is 1. The lowest BCUT2D eigenvalue weighted by Gasteiger charge is -2.41. The maximum atomic E-state index is 14.6. The molecule has 0 aliphatic rings. The standard InChI is InChI=1S/C29H41N7O5/c1-18(2)13-22(24(37)26-32-11-12-33-26)36(23(25(30)38)15-20-16-31-17-34-20)27(39)21(14-19-9-7-6-8-10-19)35-28(40)41-29(3,4)5/h6-12,16-18,21-24,37H,13-15H2,1-5H3,(H2,30,38)(H,31,34)(H,32,33)(H,35,40)/t21-,22-,23-,24-/m0/s1. The van der Waals surface area contributed by atoms with Crippen LogP contribution in [-0.2, 0) is 27.2 Å². The SMILES string of the molecule is CC(C)C[C@@H]([C@H](O)c1ncc[nH]1)N(C(=O)[C@H](Cc1ccccc1)NC(=O)OC(C)(C)C)[C@@H](Cc1cnc[nH]1)C(N)=O. The number of imidazole rings is 2. The zero-order valence-electron chi connectivity index (χ0n) is 24.2. The second-order valence-corrected chi connectivity index (χ2v) is 11.4. The molecular weight excluding hydrogens is 526 g/mol. The molecule has 2 aromatic heterocycles. The van der Waals surface area contributed by atoms with Crippen LogP contribution in [0.4, 0.5) is 4.79 Å². The minimum atomic E-state index is -1.28. The summed E-state index contributed by atoms with van der Waals surface area (Å²) in [6.07, 6.45) is 4.43. The Morgan fingerprint density at radius 3 is 2.37 bits per heavy atom. The van der Waals surface area contributed by atoms with Gasteiger partial charge in [0.1, 0.15) is 29.6 Å². The van der Waals surface area contributed by atoms with Crippen LogP contribution in [0.3, 0.4) is 0 Å². The van der Waals surface area contributed by atoms with E-state index < -0.39 is 47.7 Å². The Morgan fingerprint density at radius 2 is 1.83 bits per heavy atom. The van der Waals surface area contributed by atoms with Crippen molar-refractivity contribution in [3.63, 3.8) is 0 Å². The number of aromatic amines is 2. The third kappa shape index (κ3) is 9.17. The van der Waals surface area contributed by atoms with Crippen LogP contribution in [0.2, 0.25) is 0 Å². The summed E-state index contributed by atoms with van der Waals surface area (Å²) in [5, 5.41) is 14.2. The average Bonchev–Trinajstić information content (AvgIpc) is 3.60. The second kappa shape index (κ2) is 13.9. The van der Waals surface area contributed by atoms with Crippen molar-refractivity contribution in [2.75, 3.05) is 0 Å². The summed E-state index contributed by atoms with van der Waals surface area (Å²) in [6.45, 7) is 9.05.